The van der Waals surface area contributed by atoms with Crippen molar-refractivity contribution in [3.63, 3.8) is 0 Å². The second-order valence-electron chi connectivity index (χ2n) is 5.24. The standard InChI is InChI=1S/C12H22N2O/c1-9-2-4-10(5-3-9)7-13-11-6-12(15)14-8-11/h9-11,13H,2-8H2,1H3,(H,14,15). The first kappa shape index (κ1) is 10.9. The van der Waals surface area contributed by atoms with Crippen molar-refractivity contribution in [2.24, 2.45) is 11.8 Å². The molecule has 0 aromatic heterocycles. The zero-order chi connectivity index (χ0) is 10.7. The molecular weight excluding hydrogens is 188 g/mol. The van der Waals surface area contributed by atoms with Crippen LogP contribution < -0.4 is 10.6 Å². The molecule has 1 saturated heterocycles. The van der Waals surface area contributed by atoms with Gasteiger partial charge in [0.2, 0.25) is 5.91 Å². The Hall–Kier alpha value is -0.570. The fourth-order valence-electron chi connectivity index (χ4n) is 2.62. The van der Waals surface area contributed by atoms with Crippen LogP contribution in [0.1, 0.15) is 39.0 Å². The highest BCUT2D eigenvalue weighted by Crippen LogP contribution is 2.27. The second kappa shape index (κ2) is 4.97. The van der Waals surface area contributed by atoms with Crippen molar-refractivity contribution >= 4 is 5.91 Å². The monoisotopic (exact) mass is 210 g/mol. The molecule has 3 nitrogen and oxygen atoms in total. The molecule has 1 saturated carbocycles. The Morgan fingerprint density at radius 2 is 2.07 bits per heavy atom. The highest BCUT2D eigenvalue weighted by atomic mass is 16.1. The lowest BCUT2D eigenvalue weighted by Crippen LogP contribution is -2.35. The third-order valence-electron chi connectivity index (χ3n) is 3.81. The zero-order valence-corrected chi connectivity index (χ0v) is 9.59. The summed E-state index contributed by atoms with van der Waals surface area (Å²) in [6, 6.07) is 0.386. The molecule has 1 heterocycles. The van der Waals surface area contributed by atoms with Gasteiger partial charge in [0.15, 0.2) is 0 Å². The van der Waals surface area contributed by atoms with Crippen LogP contribution in [-0.2, 0) is 4.79 Å². The van der Waals surface area contributed by atoms with E-state index in [0.717, 1.165) is 24.9 Å². The van der Waals surface area contributed by atoms with Gasteiger partial charge in [-0.3, -0.25) is 4.79 Å². The van der Waals surface area contributed by atoms with Crippen molar-refractivity contribution in [3.05, 3.63) is 0 Å². The van der Waals surface area contributed by atoms with Gasteiger partial charge >= 0.3 is 0 Å². The zero-order valence-electron chi connectivity index (χ0n) is 9.59. The van der Waals surface area contributed by atoms with E-state index in [9.17, 15) is 4.79 Å². The van der Waals surface area contributed by atoms with E-state index in [-0.39, 0.29) is 5.91 Å². The molecule has 86 valence electrons. The molecule has 0 spiro atoms. The molecule has 0 bridgehead atoms. The molecule has 0 aromatic carbocycles. The quantitative estimate of drug-likeness (QED) is 0.737. The first-order chi connectivity index (χ1) is 7.24. The van der Waals surface area contributed by atoms with Gasteiger partial charge in [0.25, 0.3) is 0 Å². The van der Waals surface area contributed by atoms with Crippen LogP contribution in [0.15, 0.2) is 0 Å². The maximum absolute atomic E-state index is 11.0. The van der Waals surface area contributed by atoms with E-state index >= 15 is 0 Å². The predicted molar refractivity (Wildman–Crippen MR) is 60.5 cm³/mol. The van der Waals surface area contributed by atoms with Crippen LogP contribution in [0.3, 0.4) is 0 Å². The number of amides is 1. The van der Waals surface area contributed by atoms with Crippen LogP contribution in [-0.4, -0.2) is 25.0 Å². The minimum absolute atomic E-state index is 0.199. The third-order valence-corrected chi connectivity index (χ3v) is 3.81. The van der Waals surface area contributed by atoms with Crippen molar-refractivity contribution in [1.29, 1.82) is 0 Å². The third kappa shape index (κ3) is 3.20. The van der Waals surface area contributed by atoms with Crippen LogP contribution in [0.25, 0.3) is 0 Å². The van der Waals surface area contributed by atoms with Crippen LogP contribution >= 0.6 is 0 Å². The summed E-state index contributed by atoms with van der Waals surface area (Å²) in [4.78, 5) is 11.0. The fourth-order valence-corrected chi connectivity index (χ4v) is 2.62. The second-order valence-corrected chi connectivity index (χ2v) is 5.24. The molecule has 2 aliphatic rings. The maximum atomic E-state index is 11.0. The Morgan fingerprint density at radius 1 is 1.33 bits per heavy atom. The van der Waals surface area contributed by atoms with E-state index in [1.165, 1.54) is 25.7 Å². The van der Waals surface area contributed by atoms with Crippen LogP contribution in [0.5, 0.6) is 0 Å². The molecule has 1 atom stereocenters. The molecule has 1 aliphatic heterocycles. The predicted octanol–water partition coefficient (Wildman–Crippen LogP) is 1.29. The lowest BCUT2D eigenvalue weighted by molar-refractivity contribution is -0.119. The summed E-state index contributed by atoms with van der Waals surface area (Å²) in [5, 5.41) is 6.38. The summed E-state index contributed by atoms with van der Waals surface area (Å²) >= 11 is 0. The van der Waals surface area contributed by atoms with Crippen LogP contribution in [0.4, 0.5) is 0 Å². The van der Waals surface area contributed by atoms with E-state index < -0.39 is 0 Å². The summed E-state index contributed by atoms with van der Waals surface area (Å²) < 4.78 is 0. The molecule has 1 amide bonds. The lowest BCUT2D eigenvalue weighted by Gasteiger charge is -2.27. The normalized spacial score (nSPS) is 36.6. The van der Waals surface area contributed by atoms with Gasteiger partial charge in [0.05, 0.1) is 0 Å². The van der Waals surface area contributed by atoms with Gasteiger partial charge in [-0.15, -0.1) is 0 Å². The molecule has 1 aliphatic carbocycles. The number of rotatable bonds is 3. The van der Waals surface area contributed by atoms with E-state index in [1.807, 2.05) is 0 Å². The summed E-state index contributed by atoms with van der Waals surface area (Å²) in [7, 11) is 0. The Labute approximate surface area is 92.0 Å². The number of carbonyl (C=O) groups excluding carboxylic acids is 1. The van der Waals surface area contributed by atoms with Gasteiger partial charge < -0.3 is 10.6 Å². The minimum atomic E-state index is 0.199. The maximum Gasteiger partial charge on any atom is 0.221 e. The van der Waals surface area contributed by atoms with Gasteiger partial charge in [0.1, 0.15) is 0 Å². The first-order valence-electron chi connectivity index (χ1n) is 6.24. The van der Waals surface area contributed by atoms with Crippen molar-refractivity contribution in [3.8, 4) is 0 Å². The summed E-state index contributed by atoms with van der Waals surface area (Å²) in [6.45, 7) is 4.28. The van der Waals surface area contributed by atoms with Gasteiger partial charge in [0, 0.05) is 19.0 Å². The first-order valence-corrected chi connectivity index (χ1v) is 6.24. The Morgan fingerprint density at radius 3 is 2.67 bits per heavy atom. The van der Waals surface area contributed by atoms with Gasteiger partial charge in [-0.1, -0.05) is 19.8 Å². The van der Waals surface area contributed by atoms with Gasteiger partial charge in [-0.2, -0.15) is 0 Å². The average molecular weight is 210 g/mol. The summed E-state index contributed by atoms with van der Waals surface area (Å²) in [5.41, 5.74) is 0. The lowest BCUT2D eigenvalue weighted by atomic mass is 9.83. The highest BCUT2D eigenvalue weighted by molar-refractivity contribution is 5.78. The molecule has 0 radical (unpaired) electrons. The Bertz CT molecular complexity index is 222. The van der Waals surface area contributed by atoms with E-state index in [2.05, 4.69) is 17.6 Å². The molecule has 2 N–H and O–H groups in total. The van der Waals surface area contributed by atoms with Crippen molar-refractivity contribution in [2.75, 3.05) is 13.1 Å². The Kier molecular flexibility index (Phi) is 3.62. The SMILES string of the molecule is CC1CCC(CNC2CNC(=O)C2)CC1. The molecule has 2 rings (SSSR count). The Balaban J connectivity index is 1.63. The number of hydrogen-bond acceptors (Lipinski definition) is 2. The number of carbonyl (C=O) groups is 1. The van der Waals surface area contributed by atoms with Crippen molar-refractivity contribution in [1.82, 2.24) is 10.6 Å². The van der Waals surface area contributed by atoms with Gasteiger partial charge in [-0.25, -0.2) is 0 Å². The number of nitrogens with one attached hydrogen (secondary N) is 2. The largest absolute Gasteiger partial charge is 0.354 e. The molecule has 1 unspecified atom stereocenters. The highest BCUT2D eigenvalue weighted by Gasteiger charge is 2.23. The molecule has 15 heavy (non-hydrogen) atoms. The van der Waals surface area contributed by atoms with E-state index in [1.54, 1.807) is 0 Å². The van der Waals surface area contributed by atoms with Crippen molar-refractivity contribution in [2.45, 2.75) is 45.1 Å². The molecular formula is C12H22N2O. The molecule has 0 aromatic rings. The average Bonchev–Trinajstić information content (AvgIpc) is 2.64. The fraction of sp³-hybridized carbons (Fsp3) is 0.917. The minimum Gasteiger partial charge on any atom is -0.354 e. The number of hydrogen-bond donors (Lipinski definition) is 2. The van der Waals surface area contributed by atoms with Crippen LogP contribution in [0.2, 0.25) is 0 Å². The van der Waals surface area contributed by atoms with E-state index in [0.29, 0.717) is 12.5 Å². The summed E-state index contributed by atoms with van der Waals surface area (Å²) in [5.74, 6) is 1.97. The smallest absolute Gasteiger partial charge is 0.221 e. The van der Waals surface area contributed by atoms with Crippen LogP contribution in [0, 0.1) is 11.8 Å². The van der Waals surface area contributed by atoms with E-state index in [4.69, 9.17) is 0 Å². The summed E-state index contributed by atoms with van der Waals surface area (Å²) in [6.07, 6.45) is 6.16. The topological polar surface area (TPSA) is 41.1 Å². The molecule has 3 heteroatoms. The molecule has 2 fully saturated rings. The van der Waals surface area contributed by atoms with Crippen molar-refractivity contribution < 1.29 is 4.79 Å². The van der Waals surface area contributed by atoms with Gasteiger partial charge in [-0.05, 0) is 31.2 Å².